The van der Waals surface area contributed by atoms with Crippen molar-refractivity contribution in [1.82, 2.24) is 28.8 Å². The third kappa shape index (κ3) is 5.12. The zero-order valence-electron chi connectivity index (χ0n) is 20.8. The highest BCUT2D eigenvalue weighted by Crippen LogP contribution is 2.28. The van der Waals surface area contributed by atoms with Gasteiger partial charge in [-0.05, 0) is 84.7 Å². The van der Waals surface area contributed by atoms with Gasteiger partial charge in [-0.25, -0.2) is 28.1 Å². The second-order valence-corrected chi connectivity index (χ2v) is 10.8. The summed E-state index contributed by atoms with van der Waals surface area (Å²) >= 11 is 2.13. The van der Waals surface area contributed by atoms with Crippen LogP contribution in [0.25, 0.3) is 22.4 Å². The summed E-state index contributed by atoms with van der Waals surface area (Å²) in [5, 5.41) is 2.97. The van der Waals surface area contributed by atoms with Crippen molar-refractivity contribution in [3.63, 3.8) is 0 Å². The molecule has 0 unspecified atom stereocenters. The highest BCUT2D eigenvalue weighted by molar-refractivity contribution is 14.1. The maximum atomic E-state index is 14.1. The number of fused-ring (bicyclic) bond motifs is 2. The second kappa shape index (κ2) is 11.1. The minimum atomic E-state index is -0.667. The number of nitrogens with zero attached hydrogens (tertiary/aromatic N) is 5. The van der Waals surface area contributed by atoms with E-state index < -0.39 is 28.9 Å². The highest BCUT2D eigenvalue weighted by atomic mass is 127. The van der Waals surface area contributed by atoms with Crippen LogP contribution < -0.4 is 16.6 Å². The van der Waals surface area contributed by atoms with E-state index in [0.29, 0.717) is 37.0 Å². The van der Waals surface area contributed by atoms with Gasteiger partial charge in [0.1, 0.15) is 23.0 Å². The topological polar surface area (TPSA) is 103 Å². The number of carbonyl (C=O) groups excluding carboxylic acids is 1. The zero-order chi connectivity index (χ0) is 27.3. The molecule has 40 heavy (non-hydrogen) atoms. The maximum Gasteiger partial charge on any atom is 0.337 e. The van der Waals surface area contributed by atoms with Crippen LogP contribution in [-0.4, -0.2) is 35.5 Å². The molecule has 9 nitrogen and oxygen atoms in total. The van der Waals surface area contributed by atoms with Gasteiger partial charge in [0.2, 0.25) is 0 Å². The van der Waals surface area contributed by atoms with Crippen molar-refractivity contribution in [3.05, 3.63) is 103 Å². The standard InChI is InChI=1S/C27H21F2IN6O3.ClH/c28-15-4-9-23-33-22(14-34(23)13-15)25(37)32-18-5-7-19(8-6-18)36-26(38)21-10-16(29)12-31-24(21)35(27(36)39)20-3-1-2-17(30)11-20;/h1-4,9-14,18-19H,5-8H2,(H,32,37);1H/t18-,19+;. The van der Waals surface area contributed by atoms with Crippen LogP contribution in [0.2, 0.25) is 0 Å². The van der Waals surface area contributed by atoms with E-state index in [0.717, 1.165) is 15.8 Å². The van der Waals surface area contributed by atoms with Gasteiger partial charge in [-0.1, -0.05) is 6.07 Å². The minimum Gasteiger partial charge on any atom is -0.348 e. The van der Waals surface area contributed by atoms with E-state index in [-0.39, 0.29) is 41.1 Å². The van der Waals surface area contributed by atoms with Crippen LogP contribution >= 0.6 is 35.0 Å². The molecule has 1 fully saturated rings. The first-order valence-corrected chi connectivity index (χ1v) is 13.4. The minimum absolute atomic E-state index is 0. The molecule has 1 aliphatic rings. The van der Waals surface area contributed by atoms with Gasteiger partial charge in [0.15, 0.2) is 5.65 Å². The van der Waals surface area contributed by atoms with E-state index in [1.54, 1.807) is 18.2 Å². The fourth-order valence-electron chi connectivity index (χ4n) is 5.16. The molecule has 6 rings (SSSR count). The molecule has 0 atom stereocenters. The van der Waals surface area contributed by atoms with Gasteiger partial charge in [0.05, 0.1) is 17.3 Å². The Kier molecular flexibility index (Phi) is 7.73. The Morgan fingerprint density at radius 3 is 2.52 bits per heavy atom. The van der Waals surface area contributed by atoms with Crippen LogP contribution in [0.5, 0.6) is 0 Å². The van der Waals surface area contributed by atoms with Gasteiger partial charge in [0.25, 0.3) is 11.5 Å². The van der Waals surface area contributed by atoms with Crippen LogP contribution in [0.1, 0.15) is 42.2 Å². The van der Waals surface area contributed by atoms with Crippen molar-refractivity contribution in [2.24, 2.45) is 0 Å². The van der Waals surface area contributed by atoms with E-state index >= 15 is 0 Å². The predicted molar refractivity (Wildman–Crippen MR) is 155 cm³/mol. The maximum absolute atomic E-state index is 14.1. The second-order valence-electron chi connectivity index (χ2n) is 9.52. The van der Waals surface area contributed by atoms with Gasteiger partial charge in [-0.2, -0.15) is 0 Å². The first kappa shape index (κ1) is 27.9. The van der Waals surface area contributed by atoms with Gasteiger partial charge >= 0.3 is 5.69 Å². The summed E-state index contributed by atoms with van der Waals surface area (Å²) in [6.45, 7) is 0. The zero-order valence-corrected chi connectivity index (χ0v) is 23.7. The van der Waals surface area contributed by atoms with Gasteiger partial charge in [0, 0.05) is 28.0 Å². The number of amides is 1. The van der Waals surface area contributed by atoms with Crippen molar-refractivity contribution in [2.45, 2.75) is 37.8 Å². The van der Waals surface area contributed by atoms with Crippen molar-refractivity contribution >= 4 is 57.6 Å². The molecule has 0 spiro atoms. The lowest BCUT2D eigenvalue weighted by Gasteiger charge is -2.30. The number of nitrogens with one attached hydrogen (secondary N) is 1. The Balaban J connectivity index is 0.00000323. The van der Waals surface area contributed by atoms with Crippen LogP contribution in [-0.2, 0) is 0 Å². The summed E-state index contributed by atoms with van der Waals surface area (Å²) in [4.78, 5) is 48.3. The van der Waals surface area contributed by atoms with Crippen LogP contribution in [0.4, 0.5) is 8.78 Å². The Morgan fingerprint density at radius 1 is 1.00 bits per heavy atom. The average Bonchev–Trinajstić information content (AvgIpc) is 3.34. The van der Waals surface area contributed by atoms with Crippen molar-refractivity contribution in [1.29, 1.82) is 0 Å². The highest BCUT2D eigenvalue weighted by Gasteiger charge is 2.28. The summed E-state index contributed by atoms with van der Waals surface area (Å²) in [5.41, 5.74) is 0.113. The Bertz CT molecular complexity index is 1880. The predicted octanol–water partition coefficient (Wildman–Crippen LogP) is 4.41. The summed E-state index contributed by atoms with van der Waals surface area (Å²) < 4.78 is 32.5. The molecule has 4 heterocycles. The fourth-order valence-corrected chi connectivity index (χ4v) is 5.69. The van der Waals surface area contributed by atoms with E-state index in [9.17, 15) is 23.2 Å². The number of hydrogen-bond acceptors (Lipinski definition) is 5. The Labute approximate surface area is 245 Å². The smallest absolute Gasteiger partial charge is 0.337 e. The molecule has 4 aromatic heterocycles. The van der Waals surface area contributed by atoms with Crippen molar-refractivity contribution in [2.75, 3.05) is 0 Å². The van der Waals surface area contributed by atoms with E-state index in [1.807, 2.05) is 6.07 Å². The third-order valence-electron chi connectivity index (χ3n) is 7.00. The molecular weight excluding hydrogens is 657 g/mol. The molecule has 1 saturated carbocycles. The van der Waals surface area contributed by atoms with Crippen molar-refractivity contribution < 1.29 is 13.6 Å². The Hall–Kier alpha value is -3.65. The van der Waals surface area contributed by atoms with Crippen LogP contribution in [0, 0.1) is 15.2 Å². The lowest BCUT2D eigenvalue weighted by atomic mass is 9.90. The summed E-state index contributed by atoms with van der Waals surface area (Å²) in [6.07, 6.45) is 5.65. The molecule has 1 amide bonds. The van der Waals surface area contributed by atoms with E-state index in [1.165, 1.54) is 38.1 Å². The van der Waals surface area contributed by atoms with E-state index in [2.05, 4.69) is 37.9 Å². The summed E-state index contributed by atoms with van der Waals surface area (Å²) in [7, 11) is 0. The molecule has 1 aromatic carbocycles. The Morgan fingerprint density at radius 2 is 1.77 bits per heavy atom. The SMILES string of the molecule is Cl.O=C(N[C@H]1CC[C@@H](n2c(=O)c3cc(F)cnc3n(-c3cccc(I)c3)c2=O)CC1)c1cn2cc(F)ccc2n1. The first-order valence-electron chi connectivity index (χ1n) is 12.3. The molecule has 0 radical (unpaired) electrons. The summed E-state index contributed by atoms with van der Waals surface area (Å²) in [5.74, 6) is -1.48. The number of benzene rings is 1. The third-order valence-corrected chi connectivity index (χ3v) is 7.67. The lowest BCUT2D eigenvalue weighted by molar-refractivity contribution is 0.0917. The molecular formula is C27H22ClF2IN6O3. The van der Waals surface area contributed by atoms with Gasteiger partial charge in [-0.15, -0.1) is 12.4 Å². The van der Waals surface area contributed by atoms with Crippen LogP contribution in [0.15, 0.2) is 70.6 Å². The number of imidazole rings is 1. The largest absolute Gasteiger partial charge is 0.348 e. The fraction of sp³-hybridized carbons (Fsp3) is 0.222. The number of aromatic nitrogens is 5. The van der Waals surface area contributed by atoms with E-state index in [4.69, 9.17) is 0 Å². The number of pyridine rings is 2. The molecule has 5 aromatic rings. The number of hydrogen-bond donors (Lipinski definition) is 1. The van der Waals surface area contributed by atoms with Crippen molar-refractivity contribution in [3.8, 4) is 5.69 Å². The molecule has 1 aliphatic carbocycles. The molecule has 206 valence electrons. The molecule has 1 N–H and O–H groups in total. The van der Waals surface area contributed by atoms with Crippen LogP contribution in [0.3, 0.4) is 0 Å². The van der Waals surface area contributed by atoms with Gasteiger partial charge < -0.3 is 9.72 Å². The number of rotatable bonds is 4. The molecule has 13 heteroatoms. The number of halogens is 4. The molecule has 0 aliphatic heterocycles. The van der Waals surface area contributed by atoms with Gasteiger partial charge in [-0.3, -0.25) is 14.2 Å². The first-order chi connectivity index (χ1) is 18.8. The quantitative estimate of drug-likeness (QED) is 0.284. The normalized spacial score (nSPS) is 17.1. The monoisotopic (exact) mass is 678 g/mol. The average molecular weight is 679 g/mol. The summed E-state index contributed by atoms with van der Waals surface area (Å²) in [6, 6.07) is 10.5. The number of carbonyl (C=O) groups is 1. The molecule has 0 bridgehead atoms. The lowest BCUT2D eigenvalue weighted by Crippen LogP contribution is -2.45. The molecule has 0 saturated heterocycles.